The van der Waals surface area contributed by atoms with E-state index in [4.69, 9.17) is 0 Å². The van der Waals surface area contributed by atoms with Gasteiger partial charge in [0.1, 0.15) is 10.0 Å². The summed E-state index contributed by atoms with van der Waals surface area (Å²) in [5.74, 6) is 0.176. The predicted molar refractivity (Wildman–Crippen MR) is 131 cm³/mol. The molecule has 0 saturated carbocycles. The van der Waals surface area contributed by atoms with Crippen molar-refractivity contribution in [2.24, 2.45) is 5.92 Å². The highest BCUT2D eigenvalue weighted by atomic mass is 32.1. The molecule has 174 valence electrons. The molecule has 0 saturated heterocycles. The summed E-state index contributed by atoms with van der Waals surface area (Å²) < 4.78 is 0. The van der Waals surface area contributed by atoms with Gasteiger partial charge >= 0.3 is 0 Å². The number of nitrogens with zero attached hydrogens (tertiary/aromatic N) is 4. The minimum atomic E-state index is -0.107. The van der Waals surface area contributed by atoms with Crippen LogP contribution < -0.4 is 10.6 Å². The predicted octanol–water partition coefficient (Wildman–Crippen LogP) is 5.18. The molecule has 0 atom stereocenters. The molecule has 2 rings (SSSR count). The van der Waals surface area contributed by atoms with Crippen LogP contribution in [-0.4, -0.2) is 32.2 Å². The van der Waals surface area contributed by atoms with Gasteiger partial charge in [-0.25, -0.2) is 0 Å². The van der Waals surface area contributed by atoms with E-state index in [1.807, 2.05) is 19.9 Å². The largest absolute Gasteiger partial charge is 0.300 e. The van der Waals surface area contributed by atoms with Crippen molar-refractivity contribution in [3.63, 3.8) is 0 Å². The van der Waals surface area contributed by atoms with Crippen LogP contribution in [0.1, 0.15) is 69.8 Å². The van der Waals surface area contributed by atoms with Gasteiger partial charge in [0, 0.05) is 25.7 Å². The van der Waals surface area contributed by atoms with Crippen LogP contribution in [-0.2, 0) is 22.4 Å². The van der Waals surface area contributed by atoms with Crippen molar-refractivity contribution in [1.82, 2.24) is 20.4 Å². The van der Waals surface area contributed by atoms with Crippen molar-refractivity contribution in [2.75, 3.05) is 10.6 Å². The first-order chi connectivity index (χ1) is 15.3. The number of carbonyl (C=O) groups is 2. The van der Waals surface area contributed by atoms with E-state index >= 15 is 0 Å². The van der Waals surface area contributed by atoms with Crippen molar-refractivity contribution in [2.45, 2.75) is 72.6 Å². The van der Waals surface area contributed by atoms with Gasteiger partial charge in [-0.05, 0) is 32.1 Å². The molecule has 2 N–H and O–H groups in total. The smallest absolute Gasteiger partial charge is 0.230 e. The van der Waals surface area contributed by atoms with Gasteiger partial charge < -0.3 is 10.6 Å². The molecule has 10 heteroatoms. The highest BCUT2D eigenvalue weighted by molar-refractivity contribution is 7.15. The third-order valence-electron chi connectivity index (χ3n) is 4.85. The Balaban J connectivity index is 1.70. The van der Waals surface area contributed by atoms with Crippen LogP contribution in [0.15, 0.2) is 23.8 Å². The molecule has 0 aromatic carbocycles. The van der Waals surface area contributed by atoms with Gasteiger partial charge in [0.05, 0.1) is 0 Å². The second-order valence-electron chi connectivity index (χ2n) is 7.78. The van der Waals surface area contributed by atoms with Crippen LogP contribution in [0.25, 0.3) is 0 Å². The molecule has 0 bridgehead atoms. The minimum Gasteiger partial charge on any atom is -0.300 e. The van der Waals surface area contributed by atoms with Crippen LogP contribution in [0.5, 0.6) is 0 Å². The van der Waals surface area contributed by atoms with E-state index in [0.29, 0.717) is 29.0 Å². The average molecular weight is 477 g/mol. The Morgan fingerprint density at radius 3 is 1.88 bits per heavy atom. The van der Waals surface area contributed by atoms with Crippen LogP contribution in [0, 0.1) is 5.92 Å². The van der Waals surface area contributed by atoms with Gasteiger partial charge in [0.15, 0.2) is 0 Å². The molecular formula is C22H32N6O2S2. The van der Waals surface area contributed by atoms with Crippen molar-refractivity contribution in [3.8, 4) is 0 Å². The van der Waals surface area contributed by atoms with Crippen molar-refractivity contribution < 1.29 is 9.59 Å². The van der Waals surface area contributed by atoms with Crippen molar-refractivity contribution in [1.29, 1.82) is 0 Å². The van der Waals surface area contributed by atoms with E-state index in [1.54, 1.807) is 0 Å². The first-order valence-electron chi connectivity index (χ1n) is 10.9. The van der Waals surface area contributed by atoms with Gasteiger partial charge in [-0.2, -0.15) is 0 Å². The zero-order chi connectivity index (χ0) is 23.5. The normalized spacial score (nSPS) is 11.6. The number of hydrogen-bond acceptors (Lipinski definition) is 8. The number of rotatable bonds is 13. The van der Waals surface area contributed by atoms with Gasteiger partial charge in [0.25, 0.3) is 0 Å². The van der Waals surface area contributed by atoms with Gasteiger partial charge in [-0.1, -0.05) is 67.2 Å². The lowest BCUT2D eigenvalue weighted by molar-refractivity contribution is -0.116. The Hall–Kier alpha value is -2.46. The van der Waals surface area contributed by atoms with Crippen LogP contribution in [0.4, 0.5) is 10.3 Å². The summed E-state index contributed by atoms with van der Waals surface area (Å²) in [7, 11) is 0. The number of amides is 2. The van der Waals surface area contributed by atoms with E-state index in [-0.39, 0.29) is 11.8 Å². The maximum atomic E-state index is 12.2. The average Bonchev–Trinajstić information content (AvgIpc) is 3.38. The Morgan fingerprint density at radius 1 is 0.938 bits per heavy atom. The molecule has 0 aliphatic rings. The lowest BCUT2D eigenvalue weighted by Crippen LogP contribution is -2.13. The molecule has 0 fully saturated rings. The number of anilines is 2. The Kier molecular flexibility index (Phi) is 10.6. The Bertz CT molecular complexity index is 948. The monoisotopic (exact) mass is 476 g/mol. The molecule has 32 heavy (non-hydrogen) atoms. The van der Waals surface area contributed by atoms with Gasteiger partial charge in [0.2, 0.25) is 22.1 Å². The first-order valence-corrected chi connectivity index (χ1v) is 12.5. The molecule has 2 aromatic heterocycles. The number of aromatic nitrogens is 4. The molecule has 2 heterocycles. The molecule has 0 radical (unpaired) electrons. The second kappa shape index (κ2) is 13.2. The number of aryl methyl sites for hydroxylation is 2. The van der Waals surface area contributed by atoms with E-state index in [2.05, 4.69) is 51.5 Å². The van der Waals surface area contributed by atoms with E-state index in [0.717, 1.165) is 53.3 Å². The molecule has 8 nitrogen and oxygen atoms in total. The molecule has 2 aromatic rings. The highest BCUT2D eigenvalue weighted by Gasteiger charge is 2.12. The topological polar surface area (TPSA) is 110 Å². The summed E-state index contributed by atoms with van der Waals surface area (Å²) in [6, 6.07) is 0. The van der Waals surface area contributed by atoms with Crippen LogP contribution >= 0.6 is 22.7 Å². The summed E-state index contributed by atoms with van der Waals surface area (Å²) in [5.41, 5.74) is 2.00. The first kappa shape index (κ1) is 25.8. The molecule has 2 amide bonds. The zero-order valence-electron chi connectivity index (χ0n) is 19.2. The summed E-state index contributed by atoms with van der Waals surface area (Å²) in [6.07, 6.45) is 6.90. The molecule has 0 spiro atoms. The lowest BCUT2D eigenvalue weighted by atomic mass is 10.00. The SMILES string of the molecule is C=C(CC)CC(=O)Nc1nnc(CCCCc2nnc(NC(=O)C/C(=C/C)C(C)C)s2)s1. The second-order valence-corrected chi connectivity index (χ2v) is 9.90. The van der Waals surface area contributed by atoms with Crippen LogP contribution in [0.2, 0.25) is 0 Å². The number of hydrogen-bond donors (Lipinski definition) is 2. The van der Waals surface area contributed by atoms with Crippen molar-refractivity contribution >= 4 is 44.8 Å². The molecule has 0 unspecified atom stereocenters. The van der Waals surface area contributed by atoms with E-state index in [1.165, 1.54) is 22.7 Å². The summed E-state index contributed by atoms with van der Waals surface area (Å²) >= 11 is 2.81. The number of carbonyl (C=O) groups excluding carboxylic acids is 2. The summed E-state index contributed by atoms with van der Waals surface area (Å²) in [6.45, 7) is 11.9. The quantitative estimate of drug-likeness (QED) is 0.304. The highest BCUT2D eigenvalue weighted by Crippen LogP contribution is 2.21. The maximum absolute atomic E-state index is 12.2. The minimum absolute atomic E-state index is 0.0623. The standard InChI is InChI=1S/C22H32N6O2S2/c1-6-15(5)12-17(29)23-21-27-25-19(31-21)10-8-9-11-20-26-28-22(32-20)24-18(30)13-16(7-2)14(3)4/h7,14H,5-6,8-13H2,1-4H3,(H,23,27,29)(H,24,28,30)/b16-7-. The fraction of sp³-hybridized carbons (Fsp3) is 0.545. The zero-order valence-corrected chi connectivity index (χ0v) is 20.9. The van der Waals surface area contributed by atoms with E-state index < -0.39 is 0 Å². The third kappa shape index (κ3) is 8.96. The number of allylic oxidation sites excluding steroid dienone is 1. The Morgan fingerprint density at radius 2 is 1.44 bits per heavy atom. The fourth-order valence-electron chi connectivity index (χ4n) is 2.87. The van der Waals surface area contributed by atoms with E-state index in [9.17, 15) is 9.59 Å². The fourth-order valence-corrected chi connectivity index (χ4v) is 4.46. The van der Waals surface area contributed by atoms with Crippen molar-refractivity contribution in [3.05, 3.63) is 33.8 Å². The summed E-state index contributed by atoms with van der Waals surface area (Å²) in [5, 5.41) is 24.9. The van der Waals surface area contributed by atoms with Crippen LogP contribution in [0.3, 0.4) is 0 Å². The molecular weight excluding hydrogens is 444 g/mol. The van der Waals surface area contributed by atoms with Gasteiger partial charge in [-0.15, -0.1) is 20.4 Å². The Labute approximate surface area is 197 Å². The van der Waals surface area contributed by atoms with Gasteiger partial charge in [-0.3, -0.25) is 9.59 Å². The molecule has 0 aliphatic carbocycles. The maximum Gasteiger partial charge on any atom is 0.230 e. The number of unbranched alkanes of at least 4 members (excludes halogenated alkanes) is 1. The third-order valence-corrected chi connectivity index (χ3v) is 6.64. The lowest BCUT2D eigenvalue weighted by Gasteiger charge is -2.09. The molecule has 0 aliphatic heterocycles. The summed E-state index contributed by atoms with van der Waals surface area (Å²) in [4.78, 5) is 24.1. The number of nitrogens with one attached hydrogen (secondary N) is 2.